The van der Waals surface area contributed by atoms with Crippen molar-refractivity contribution >= 4 is 23.3 Å². The second-order valence-corrected chi connectivity index (χ2v) is 6.37. The fourth-order valence-electron chi connectivity index (χ4n) is 2.52. The monoisotopic (exact) mass is 289 g/mol. The minimum absolute atomic E-state index is 0.132. The van der Waals surface area contributed by atoms with E-state index >= 15 is 0 Å². The summed E-state index contributed by atoms with van der Waals surface area (Å²) in [4.78, 5) is 16.4. The van der Waals surface area contributed by atoms with Crippen LogP contribution < -0.4 is 5.32 Å². The molecule has 1 aromatic heterocycles. The maximum absolute atomic E-state index is 12.2. The van der Waals surface area contributed by atoms with Crippen LogP contribution in [0.15, 0.2) is 11.0 Å². The first-order chi connectivity index (χ1) is 9.60. The van der Waals surface area contributed by atoms with Gasteiger partial charge >= 0.3 is 0 Å². The summed E-state index contributed by atoms with van der Waals surface area (Å²) in [5.74, 6) is 0.200. The highest BCUT2D eigenvalue weighted by molar-refractivity contribution is 7.09. The molecule has 0 spiro atoms. The van der Waals surface area contributed by atoms with E-state index in [-0.39, 0.29) is 17.5 Å². The number of nitrogens with one attached hydrogen (secondary N) is 1. The topological polar surface area (TPSA) is 65.8 Å². The van der Waals surface area contributed by atoms with E-state index in [4.69, 9.17) is 5.26 Å². The van der Waals surface area contributed by atoms with E-state index in [2.05, 4.69) is 17.2 Å². The molecule has 0 unspecified atom stereocenters. The van der Waals surface area contributed by atoms with Gasteiger partial charge in [0.2, 0.25) is 0 Å². The van der Waals surface area contributed by atoms with Crippen molar-refractivity contribution < 1.29 is 4.79 Å². The molecule has 0 aliphatic heterocycles. The van der Waals surface area contributed by atoms with Gasteiger partial charge < -0.3 is 5.32 Å². The Bertz CT molecular complexity index is 556. The van der Waals surface area contributed by atoms with Gasteiger partial charge in [0, 0.05) is 11.4 Å². The molecule has 4 nitrogen and oxygen atoms in total. The molecule has 1 aromatic rings. The van der Waals surface area contributed by atoms with Crippen LogP contribution in [0, 0.1) is 24.2 Å². The zero-order valence-corrected chi connectivity index (χ0v) is 12.7. The molecule has 1 aliphatic carbocycles. The SMILES string of the molecule is Cc1nc(/C=C(\C#N)C(=O)N[C@H]2CCCC[C@@H]2C)cs1. The number of amides is 1. The Morgan fingerprint density at radius 1 is 1.55 bits per heavy atom. The number of aromatic nitrogens is 1. The highest BCUT2D eigenvalue weighted by atomic mass is 32.1. The van der Waals surface area contributed by atoms with Gasteiger partial charge in [-0.25, -0.2) is 4.98 Å². The Kier molecular flexibility index (Phi) is 4.91. The van der Waals surface area contributed by atoms with Gasteiger partial charge in [0.05, 0.1) is 10.7 Å². The minimum Gasteiger partial charge on any atom is -0.348 e. The Hall–Kier alpha value is -1.67. The van der Waals surface area contributed by atoms with Crippen LogP contribution in [0.4, 0.5) is 0 Å². The van der Waals surface area contributed by atoms with Crippen molar-refractivity contribution in [3.8, 4) is 6.07 Å². The fourth-order valence-corrected chi connectivity index (χ4v) is 3.09. The summed E-state index contributed by atoms with van der Waals surface area (Å²) in [7, 11) is 0. The van der Waals surface area contributed by atoms with Crippen LogP contribution in [0.1, 0.15) is 43.3 Å². The molecule has 1 N–H and O–H groups in total. The van der Waals surface area contributed by atoms with Crippen molar-refractivity contribution in [3.63, 3.8) is 0 Å². The van der Waals surface area contributed by atoms with E-state index in [9.17, 15) is 4.79 Å². The van der Waals surface area contributed by atoms with E-state index in [1.54, 1.807) is 6.08 Å². The average Bonchev–Trinajstić information content (AvgIpc) is 2.84. The number of hydrogen-bond donors (Lipinski definition) is 1. The molecule has 0 radical (unpaired) electrons. The molecule has 20 heavy (non-hydrogen) atoms. The second-order valence-electron chi connectivity index (χ2n) is 5.30. The van der Waals surface area contributed by atoms with Gasteiger partial charge in [-0.05, 0) is 31.8 Å². The third-order valence-corrected chi connectivity index (χ3v) is 4.51. The molecule has 0 saturated heterocycles. The number of carbonyl (C=O) groups is 1. The average molecular weight is 289 g/mol. The highest BCUT2D eigenvalue weighted by Gasteiger charge is 2.24. The normalized spacial score (nSPS) is 23.1. The summed E-state index contributed by atoms with van der Waals surface area (Å²) in [5.41, 5.74) is 0.809. The maximum Gasteiger partial charge on any atom is 0.262 e. The van der Waals surface area contributed by atoms with Gasteiger partial charge in [0.1, 0.15) is 11.6 Å². The van der Waals surface area contributed by atoms with Gasteiger partial charge in [-0.2, -0.15) is 5.26 Å². The number of nitriles is 1. The van der Waals surface area contributed by atoms with E-state index in [1.807, 2.05) is 18.4 Å². The van der Waals surface area contributed by atoms with E-state index in [0.29, 0.717) is 11.6 Å². The summed E-state index contributed by atoms with van der Waals surface area (Å²) in [6.45, 7) is 4.06. The molecule has 1 saturated carbocycles. The van der Waals surface area contributed by atoms with E-state index in [0.717, 1.165) is 24.3 Å². The van der Waals surface area contributed by atoms with Crippen LogP contribution >= 0.6 is 11.3 Å². The summed E-state index contributed by atoms with van der Waals surface area (Å²) < 4.78 is 0. The van der Waals surface area contributed by atoms with E-state index < -0.39 is 0 Å². The molecule has 1 heterocycles. The van der Waals surface area contributed by atoms with Crippen LogP contribution in [0.5, 0.6) is 0 Å². The zero-order valence-electron chi connectivity index (χ0n) is 11.8. The number of carbonyl (C=O) groups excluding carboxylic acids is 1. The summed E-state index contributed by atoms with van der Waals surface area (Å²) in [6.07, 6.45) is 6.08. The van der Waals surface area contributed by atoms with Crippen molar-refractivity contribution in [1.82, 2.24) is 10.3 Å². The molecular weight excluding hydrogens is 270 g/mol. The molecule has 2 rings (SSSR count). The Labute approximate surface area is 123 Å². The molecule has 1 aliphatic rings. The molecule has 1 amide bonds. The maximum atomic E-state index is 12.2. The predicted octanol–water partition coefficient (Wildman–Crippen LogP) is 3.05. The minimum atomic E-state index is -0.281. The molecule has 5 heteroatoms. The quantitative estimate of drug-likeness (QED) is 0.687. The first-order valence-corrected chi connectivity index (χ1v) is 7.83. The van der Waals surface area contributed by atoms with Crippen LogP contribution in [0.3, 0.4) is 0 Å². The standard InChI is InChI=1S/C15H19N3OS/c1-10-5-3-4-6-14(10)18-15(19)12(8-16)7-13-9-20-11(2)17-13/h7,9-10,14H,3-6H2,1-2H3,(H,18,19)/b12-7+/t10-,14-/m0/s1. The number of thiazole rings is 1. The molecular formula is C15H19N3OS. The number of aryl methyl sites for hydroxylation is 1. The second kappa shape index (κ2) is 6.67. The summed E-state index contributed by atoms with van der Waals surface area (Å²) >= 11 is 1.51. The molecule has 106 valence electrons. The lowest BCUT2D eigenvalue weighted by molar-refractivity contribution is -0.118. The number of rotatable bonds is 3. The fraction of sp³-hybridized carbons (Fsp3) is 0.533. The van der Waals surface area contributed by atoms with Crippen LogP contribution in [-0.4, -0.2) is 16.9 Å². The Morgan fingerprint density at radius 2 is 2.30 bits per heavy atom. The first kappa shape index (κ1) is 14.7. The van der Waals surface area contributed by atoms with Crippen molar-refractivity contribution in [2.24, 2.45) is 5.92 Å². The van der Waals surface area contributed by atoms with Gasteiger partial charge in [-0.1, -0.05) is 19.8 Å². The first-order valence-electron chi connectivity index (χ1n) is 6.95. The van der Waals surface area contributed by atoms with Crippen LogP contribution in [-0.2, 0) is 4.79 Å². The van der Waals surface area contributed by atoms with E-state index in [1.165, 1.54) is 17.8 Å². The van der Waals surface area contributed by atoms with Crippen molar-refractivity contribution in [1.29, 1.82) is 5.26 Å². The lowest BCUT2D eigenvalue weighted by atomic mass is 9.86. The van der Waals surface area contributed by atoms with Crippen molar-refractivity contribution in [2.45, 2.75) is 45.6 Å². The third-order valence-electron chi connectivity index (χ3n) is 3.72. The molecule has 1 fully saturated rings. The lowest BCUT2D eigenvalue weighted by Gasteiger charge is -2.29. The Balaban J connectivity index is 2.06. The van der Waals surface area contributed by atoms with Crippen molar-refractivity contribution in [2.75, 3.05) is 0 Å². The number of nitrogens with zero attached hydrogens (tertiary/aromatic N) is 2. The zero-order chi connectivity index (χ0) is 14.5. The van der Waals surface area contributed by atoms with Gasteiger partial charge in [0.15, 0.2) is 0 Å². The van der Waals surface area contributed by atoms with Crippen molar-refractivity contribution in [3.05, 3.63) is 21.7 Å². The smallest absolute Gasteiger partial charge is 0.262 e. The molecule has 0 aromatic carbocycles. The molecule has 0 bridgehead atoms. The number of hydrogen-bond acceptors (Lipinski definition) is 4. The van der Waals surface area contributed by atoms with Crippen LogP contribution in [0.25, 0.3) is 6.08 Å². The summed E-state index contributed by atoms with van der Waals surface area (Å²) in [5, 5.41) is 14.9. The van der Waals surface area contributed by atoms with Gasteiger partial charge in [-0.15, -0.1) is 11.3 Å². The summed E-state index contributed by atoms with van der Waals surface area (Å²) in [6, 6.07) is 2.16. The highest BCUT2D eigenvalue weighted by Crippen LogP contribution is 2.24. The Morgan fingerprint density at radius 3 is 2.90 bits per heavy atom. The van der Waals surface area contributed by atoms with Gasteiger partial charge in [-0.3, -0.25) is 4.79 Å². The largest absolute Gasteiger partial charge is 0.348 e. The molecule has 2 atom stereocenters. The third kappa shape index (κ3) is 3.67. The van der Waals surface area contributed by atoms with Crippen LogP contribution in [0.2, 0.25) is 0 Å². The lowest BCUT2D eigenvalue weighted by Crippen LogP contribution is -2.41. The van der Waals surface area contributed by atoms with Gasteiger partial charge in [0.25, 0.3) is 5.91 Å². The predicted molar refractivity (Wildman–Crippen MR) is 80.0 cm³/mol.